The molecule has 1 aromatic carbocycles. The zero-order valence-electron chi connectivity index (χ0n) is 19.3. The van der Waals surface area contributed by atoms with Gasteiger partial charge in [-0.1, -0.05) is 25.6 Å². The fourth-order valence-corrected chi connectivity index (χ4v) is 5.42. The molecule has 4 rings (SSSR count). The summed E-state index contributed by atoms with van der Waals surface area (Å²) < 4.78 is 10.7. The van der Waals surface area contributed by atoms with E-state index in [1.165, 1.54) is 26.0 Å². The second kappa shape index (κ2) is 9.51. The number of ketones is 1. The van der Waals surface area contributed by atoms with Crippen LogP contribution in [0.25, 0.3) is 0 Å². The Morgan fingerprint density at radius 3 is 2.52 bits per heavy atom. The van der Waals surface area contributed by atoms with Crippen molar-refractivity contribution in [3.8, 4) is 17.2 Å². The molecule has 2 aliphatic rings. The van der Waals surface area contributed by atoms with Gasteiger partial charge in [0.25, 0.3) is 5.56 Å². The molecule has 0 fully saturated rings. The van der Waals surface area contributed by atoms with Crippen molar-refractivity contribution < 1.29 is 19.4 Å². The Bertz CT molecular complexity index is 1150. The van der Waals surface area contributed by atoms with Gasteiger partial charge in [-0.15, -0.1) is 0 Å². The van der Waals surface area contributed by atoms with Crippen LogP contribution in [0, 0.1) is 5.92 Å². The number of nitrogens with one attached hydrogen (secondary N) is 2. The summed E-state index contributed by atoms with van der Waals surface area (Å²) in [5, 5.41) is 14.2. The van der Waals surface area contributed by atoms with Crippen molar-refractivity contribution in [1.82, 2.24) is 9.97 Å². The Kier molecular flexibility index (Phi) is 6.69. The Morgan fingerprint density at radius 1 is 1.18 bits per heavy atom. The van der Waals surface area contributed by atoms with Gasteiger partial charge in [-0.2, -0.15) is 0 Å². The molecule has 3 N–H and O–H groups in total. The van der Waals surface area contributed by atoms with Crippen molar-refractivity contribution >= 4 is 23.4 Å². The SMILES string of the molecule is COc1cc(C2C3=C(CCCC3=O)Nc3nc(SCCC(C)C)[nH]c(=O)c32)cc(OC)c1O. The number of methoxy groups -OCH3 is 2. The van der Waals surface area contributed by atoms with Gasteiger partial charge in [-0.3, -0.25) is 9.59 Å². The van der Waals surface area contributed by atoms with Crippen LogP contribution in [-0.2, 0) is 4.79 Å². The number of aromatic nitrogens is 2. The fraction of sp³-hybridized carbons (Fsp3) is 0.458. The van der Waals surface area contributed by atoms with Crippen LogP contribution >= 0.6 is 11.8 Å². The number of benzene rings is 1. The second-order valence-electron chi connectivity index (χ2n) is 8.67. The van der Waals surface area contributed by atoms with Crippen LogP contribution in [0.1, 0.15) is 56.6 Å². The number of nitrogens with zero attached hydrogens (tertiary/aromatic N) is 1. The molecule has 2 heterocycles. The van der Waals surface area contributed by atoms with Crippen molar-refractivity contribution in [3.63, 3.8) is 0 Å². The lowest BCUT2D eigenvalue weighted by atomic mass is 9.76. The maximum absolute atomic E-state index is 13.3. The van der Waals surface area contributed by atoms with E-state index in [0.717, 1.165) is 24.3 Å². The Hall–Kier alpha value is -2.94. The summed E-state index contributed by atoms with van der Waals surface area (Å²) in [5.74, 6) is 1.52. The number of thioether (sulfide) groups is 1. The van der Waals surface area contributed by atoms with Gasteiger partial charge in [0.05, 0.1) is 19.8 Å². The van der Waals surface area contributed by atoms with Crippen molar-refractivity contribution in [2.24, 2.45) is 5.92 Å². The standard InChI is InChI=1S/C24H29N3O5S/c1-12(2)8-9-33-24-26-22-20(23(30)27-24)18(19-14(25-22)6-5-7-15(19)28)13-10-16(31-3)21(29)17(11-13)32-4/h10-12,18,29H,5-9H2,1-4H3,(H2,25,26,27,30). The molecule has 1 aromatic heterocycles. The topological polar surface area (TPSA) is 114 Å². The van der Waals surface area contributed by atoms with Gasteiger partial charge < -0.3 is 24.9 Å². The highest BCUT2D eigenvalue weighted by molar-refractivity contribution is 7.99. The van der Waals surface area contributed by atoms with Crippen LogP contribution in [0.3, 0.4) is 0 Å². The second-order valence-corrected chi connectivity index (χ2v) is 9.75. The molecule has 0 bridgehead atoms. The third kappa shape index (κ3) is 4.46. The van der Waals surface area contributed by atoms with Gasteiger partial charge in [-0.05, 0) is 42.9 Å². The van der Waals surface area contributed by atoms with Crippen molar-refractivity contribution in [2.45, 2.75) is 50.6 Å². The molecule has 0 saturated heterocycles. The molecule has 0 spiro atoms. The van der Waals surface area contributed by atoms with E-state index >= 15 is 0 Å². The van der Waals surface area contributed by atoms with E-state index in [2.05, 4.69) is 24.1 Å². The number of anilines is 1. The van der Waals surface area contributed by atoms with Crippen LogP contribution in [0.2, 0.25) is 0 Å². The summed E-state index contributed by atoms with van der Waals surface area (Å²) >= 11 is 1.51. The van der Waals surface area contributed by atoms with E-state index in [9.17, 15) is 14.7 Å². The zero-order valence-corrected chi connectivity index (χ0v) is 20.1. The Balaban J connectivity index is 1.87. The predicted octanol–water partition coefficient (Wildman–Crippen LogP) is 4.20. The molecule has 1 unspecified atom stereocenters. The first-order chi connectivity index (χ1) is 15.8. The molecule has 33 heavy (non-hydrogen) atoms. The number of aromatic hydroxyl groups is 1. The molecule has 0 radical (unpaired) electrons. The third-order valence-corrected chi connectivity index (χ3v) is 6.91. The number of H-pyrrole nitrogens is 1. The van der Waals surface area contributed by atoms with Gasteiger partial charge >= 0.3 is 0 Å². The van der Waals surface area contributed by atoms with Crippen LogP contribution in [0.5, 0.6) is 17.2 Å². The quantitative estimate of drug-likeness (QED) is 0.407. The van der Waals surface area contributed by atoms with E-state index < -0.39 is 5.92 Å². The smallest absolute Gasteiger partial charge is 0.257 e. The van der Waals surface area contributed by atoms with E-state index in [0.29, 0.717) is 46.4 Å². The van der Waals surface area contributed by atoms with E-state index in [1.54, 1.807) is 12.1 Å². The molecule has 1 aliphatic carbocycles. The first kappa shape index (κ1) is 23.2. The van der Waals surface area contributed by atoms with Crippen LogP contribution < -0.4 is 20.3 Å². The van der Waals surface area contributed by atoms with Crippen LogP contribution in [0.15, 0.2) is 33.4 Å². The summed E-state index contributed by atoms with van der Waals surface area (Å²) in [6, 6.07) is 3.30. The number of hydrogen-bond acceptors (Lipinski definition) is 8. The monoisotopic (exact) mass is 471 g/mol. The van der Waals surface area contributed by atoms with E-state index in [4.69, 9.17) is 14.5 Å². The lowest BCUT2D eigenvalue weighted by Gasteiger charge is -2.33. The first-order valence-electron chi connectivity index (χ1n) is 11.1. The number of allylic oxidation sites excluding steroid dienone is 2. The highest BCUT2D eigenvalue weighted by Gasteiger charge is 2.38. The highest BCUT2D eigenvalue weighted by atomic mass is 32.2. The van der Waals surface area contributed by atoms with E-state index in [1.807, 2.05) is 0 Å². The maximum Gasteiger partial charge on any atom is 0.257 e. The fourth-order valence-electron chi connectivity index (χ4n) is 4.31. The Morgan fingerprint density at radius 2 is 1.88 bits per heavy atom. The molecule has 1 atom stereocenters. The summed E-state index contributed by atoms with van der Waals surface area (Å²) in [7, 11) is 2.89. The van der Waals surface area contributed by atoms with Crippen molar-refractivity contribution in [2.75, 3.05) is 25.3 Å². The summed E-state index contributed by atoms with van der Waals surface area (Å²) in [4.78, 5) is 34.0. The van der Waals surface area contributed by atoms with Gasteiger partial charge in [0.15, 0.2) is 22.4 Å². The zero-order chi connectivity index (χ0) is 23.7. The molecule has 2 aromatic rings. The predicted molar refractivity (Wildman–Crippen MR) is 128 cm³/mol. The average Bonchev–Trinajstić information content (AvgIpc) is 2.78. The lowest BCUT2D eigenvalue weighted by Crippen LogP contribution is -2.32. The Labute approximate surface area is 196 Å². The number of Topliss-reactive ketones (excluding diaryl/α,β-unsaturated/α-hetero) is 1. The summed E-state index contributed by atoms with van der Waals surface area (Å²) in [6.07, 6.45) is 2.88. The van der Waals surface area contributed by atoms with Crippen LogP contribution in [0.4, 0.5) is 5.82 Å². The van der Waals surface area contributed by atoms with Gasteiger partial charge in [0.2, 0.25) is 5.75 Å². The summed E-state index contributed by atoms with van der Waals surface area (Å²) in [5.41, 5.74) is 2.08. The maximum atomic E-state index is 13.3. The molecular formula is C24H29N3O5S. The number of carbonyl (C=O) groups excluding carboxylic acids is 1. The normalized spacial score (nSPS) is 17.5. The van der Waals surface area contributed by atoms with Gasteiger partial charge in [0.1, 0.15) is 5.82 Å². The minimum absolute atomic E-state index is 0.000179. The van der Waals surface area contributed by atoms with E-state index in [-0.39, 0.29) is 28.6 Å². The number of phenols is 1. The highest BCUT2D eigenvalue weighted by Crippen LogP contribution is 2.47. The van der Waals surface area contributed by atoms with Crippen LogP contribution in [-0.4, -0.2) is 40.8 Å². The molecule has 9 heteroatoms. The number of phenolic OH excluding ortho intramolecular Hbond substituents is 1. The molecule has 1 aliphatic heterocycles. The van der Waals surface area contributed by atoms with Gasteiger partial charge in [0, 0.05) is 29.4 Å². The molecule has 0 amide bonds. The van der Waals surface area contributed by atoms with Crippen molar-refractivity contribution in [1.29, 1.82) is 0 Å². The molecule has 0 saturated carbocycles. The number of carbonyl (C=O) groups is 1. The number of rotatable bonds is 7. The average molecular weight is 472 g/mol. The lowest BCUT2D eigenvalue weighted by molar-refractivity contribution is -0.116. The largest absolute Gasteiger partial charge is 0.502 e. The summed E-state index contributed by atoms with van der Waals surface area (Å²) in [6.45, 7) is 4.31. The van der Waals surface area contributed by atoms with Crippen molar-refractivity contribution in [3.05, 3.63) is 44.9 Å². The molecular weight excluding hydrogens is 442 g/mol. The number of aromatic amines is 1. The molecule has 176 valence electrons. The van der Waals surface area contributed by atoms with Gasteiger partial charge in [-0.25, -0.2) is 4.98 Å². The molecule has 8 nitrogen and oxygen atoms in total. The minimum atomic E-state index is -0.640. The number of fused-ring (bicyclic) bond motifs is 1. The first-order valence-corrected chi connectivity index (χ1v) is 12.1. The number of ether oxygens (including phenoxy) is 2. The minimum Gasteiger partial charge on any atom is -0.502 e. The number of hydrogen-bond donors (Lipinski definition) is 3. The third-order valence-electron chi connectivity index (χ3n) is 6.01.